The third-order valence-corrected chi connectivity index (χ3v) is 5.78. The van der Waals surface area contributed by atoms with E-state index < -0.39 is 0 Å². The number of methoxy groups -OCH3 is 1. The van der Waals surface area contributed by atoms with Gasteiger partial charge in [-0.3, -0.25) is 24.4 Å². The van der Waals surface area contributed by atoms with Gasteiger partial charge in [-0.2, -0.15) is 0 Å². The van der Waals surface area contributed by atoms with Crippen LogP contribution < -0.4 is 9.64 Å². The van der Waals surface area contributed by atoms with Crippen LogP contribution in [0.1, 0.15) is 16.1 Å². The molecule has 0 aliphatic carbocycles. The predicted molar refractivity (Wildman–Crippen MR) is 127 cm³/mol. The first kappa shape index (κ1) is 22.5. The van der Waals surface area contributed by atoms with Gasteiger partial charge in [0, 0.05) is 50.2 Å². The van der Waals surface area contributed by atoms with Crippen molar-refractivity contribution in [3.05, 3.63) is 90.3 Å². The summed E-state index contributed by atoms with van der Waals surface area (Å²) in [5, 5.41) is 0. The minimum atomic E-state index is -0.217. The minimum Gasteiger partial charge on any atom is -0.497 e. The molecule has 7 nitrogen and oxygen atoms in total. The Bertz CT molecular complexity index is 1050. The molecule has 3 aromatic rings. The highest BCUT2D eigenvalue weighted by Crippen LogP contribution is 2.19. The van der Waals surface area contributed by atoms with Crippen LogP contribution in [0.15, 0.2) is 79.0 Å². The smallest absolute Gasteiger partial charge is 0.258 e. The van der Waals surface area contributed by atoms with Crippen LogP contribution in [0.5, 0.6) is 5.75 Å². The van der Waals surface area contributed by atoms with E-state index in [1.54, 1.807) is 42.5 Å². The summed E-state index contributed by atoms with van der Waals surface area (Å²) in [4.78, 5) is 36.5. The van der Waals surface area contributed by atoms with E-state index in [9.17, 15) is 9.59 Å². The molecule has 0 N–H and O–H groups in total. The Morgan fingerprint density at radius 2 is 1.61 bits per heavy atom. The third kappa shape index (κ3) is 5.75. The van der Waals surface area contributed by atoms with Crippen LogP contribution in [0.3, 0.4) is 0 Å². The largest absolute Gasteiger partial charge is 0.497 e. The van der Waals surface area contributed by atoms with E-state index in [1.165, 1.54) is 0 Å². The molecular weight excluding hydrogens is 416 g/mol. The number of pyridine rings is 1. The number of nitrogens with zero attached hydrogens (tertiary/aromatic N) is 4. The molecule has 0 saturated carbocycles. The van der Waals surface area contributed by atoms with Crippen molar-refractivity contribution in [2.45, 2.75) is 6.54 Å². The lowest BCUT2D eigenvalue weighted by Gasteiger charge is -2.35. The number of ether oxygens (including phenoxy) is 1. The van der Waals surface area contributed by atoms with Crippen molar-refractivity contribution in [2.24, 2.45) is 0 Å². The Labute approximate surface area is 194 Å². The van der Waals surface area contributed by atoms with Gasteiger partial charge >= 0.3 is 0 Å². The summed E-state index contributed by atoms with van der Waals surface area (Å²) >= 11 is 0. The molecule has 33 heavy (non-hydrogen) atoms. The van der Waals surface area contributed by atoms with Crippen LogP contribution in [0.2, 0.25) is 0 Å². The fourth-order valence-electron chi connectivity index (χ4n) is 3.89. The van der Waals surface area contributed by atoms with Gasteiger partial charge < -0.3 is 9.64 Å². The summed E-state index contributed by atoms with van der Waals surface area (Å²) in [6.45, 7) is 3.58. The van der Waals surface area contributed by atoms with Gasteiger partial charge in [-0.1, -0.05) is 24.3 Å². The first-order chi connectivity index (χ1) is 16.1. The van der Waals surface area contributed by atoms with E-state index in [2.05, 4.69) is 9.88 Å². The van der Waals surface area contributed by atoms with Crippen molar-refractivity contribution in [3.63, 3.8) is 0 Å². The van der Waals surface area contributed by atoms with E-state index >= 15 is 0 Å². The van der Waals surface area contributed by atoms with Crippen molar-refractivity contribution in [1.82, 2.24) is 14.8 Å². The zero-order valence-corrected chi connectivity index (χ0v) is 18.8. The molecule has 0 unspecified atom stereocenters. The van der Waals surface area contributed by atoms with Crippen LogP contribution in [0, 0.1) is 0 Å². The standard InChI is InChI=1S/C26H28N4O3/c1-33-24-12-10-21(11-13-24)26(32)30(23-8-3-2-4-9-23)20-25(31)29-17-15-28(16-18-29)19-22-7-5-6-14-27-22/h2-14H,15-20H2,1H3. The number of anilines is 1. The third-order valence-electron chi connectivity index (χ3n) is 5.78. The normalized spacial score (nSPS) is 14.0. The Morgan fingerprint density at radius 1 is 0.909 bits per heavy atom. The number of aromatic nitrogens is 1. The summed E-state index contributed by atoms with van der Waals surface area (Å²) in [5.41, 5.74) is 2.23. The number of rotatable bonds is 7. The summed E-state index contributed by atoms with van der Waals surface area (Å²) < 4.78 is 5.19. The second kappa shape index (κ2) is 10.7. The monoisotopic (exact) mass is 444 g/mol. The van der Waals surface area contributed by atoms with Crippen molar-refractivity contribution in [1.29, 1.82) is 0 Å². The number of hydrogen-bond donors (Lipinski definition) is 0. The van der Waals surface area contributed by atoms with E-state index in [4.69, 9.17) is 4.74 Å². The quantitative estimate of drug-likeness (QED) is 0.560. The van der Waals surface area contributed by atoms with Crippen LogP contribution in [-0.4, -0.2) is 66.4 Å². The van der Waals surface area contributed by atoms with Gasteiger partial charge in [0.05, 0.1) is 12.8 Å². The maximum Gasteiger partial charge on any atom is 0.258 e. The predicted octanol–water partition coefficient (Wildman–Crippen LogP) is 3.08. The fourth-order valence-corrected chi connectivity index (χ4v) is 3.89. The maximum atomic E-state index is 13.3. The van der Waals surface area contributed by atoms with Gasteiger partial charge in [0.15, 0.2) is 0 Å². The van der Waals surface area contributed by atoms with Crippen LogP contribution in [0.4, 0.5) is 5.69 Å². The van der Waals surface area contributed by atoms with Gasteiger partial charge in [0.25, 0.3) is 5.91 Å². The zero-order chi connectivity index (χ0) is 23.0. The average molecular weight is 445 g/mol. The number of benzene rings is 2. The molecule has 4 rings (SSSR count). The van der Waals surface area contributed by atoms with Crippen molar-refractivity contribution < 1.29 is 14.3 Å². The molecule has 1 saturated heterocycles. The average Bonchev–Trinajstić information content (AvgIpc) is 2.88. The molecule has 170 valence electrons. The van der Waals surface area contributed by atoms with E-state index in [1.807, 2.05) is 53.4 Å². The highest BCUT2D eigenvalue weighted by Gasteiger charge is 2.26. The molecule has 1 aliphatic rings. The molecular formula is C26H28N4O3. The first-order valence-electron chi connectivity index (χ1n) is 11.0. The highest BCUT2D eigenvalue weighted by atomic mass is 16.5. The summed E-state index contributed by atoms with van der Waals surface area (Å²) in [6.07, 6.45) is 1.80. The Kier molecular flexibility index (Phi) is 7.32. The van der Waals surface area contributed by atoms with Crippen molar-refractivity contribution in [3.8, 4) is 5.75 Å². The second-order valence-electron chi connectivity index (χ2n) is 7.93. The Morgan fingerprint density at radius 3 is 2.24 bits per heavy atom. The van der Waals surface area contributed by atoms with Gasteiger partial charge in [-0.25, -0.2) is 0 Å². The van der Waals surface area contributed by atoms with Crippen molar-refractivity contribution in [2.75, 3.05) is 44.7 Å². The van der Waals surface area contributed by atoms with E-state index in [-0.39, 0.29) is 18.4 Å². The Balaban J connectivity index is 1.42. The SMILES string of the molecule is COc1ccc(C(=O)N(CC(=O)N2CCN(Cc3ccccn3)CC2)c2ccccc2)cc1. The molecule has 1 fully saturated rings. The van der Waals surface area contributed by atoms with Crippen molar-refractivity contribution >= 4 is 17.5 Å². The number of amides is 2. The molecule has 1 aliphatic heterocycles. The van der Waals surface area contributed by atoms with Crippen LogP contribution in [-0.2, 0) is 11.3 Å². The lowest BCUT2D eigenvalue weighted by atomic mass is 10.1. The molecule has 2 heterocycles. The number of hydrogen-bond acceptors (Lipinski definition) is 5. The number of carbonyl (C=O) groups excluding carboxylic acids is 2. The fraction of sp³-hybridized carbons (Fsp3) is 0.269. The number of carbonyl (C=O) groups is 2. The lowest BCUT2D eigenvalue weighted by Crippen LogP contribution is -2.51. The molecule has 0 bridgehead atoms. The topological polar surface area (TPSA) is 66.0 Å². The van der Waals surface area contributed by atoms with Crippen LogP contribution >= 0.6 is 0 Å². The maximum absolute atomic E-state index is 13.3. The van der Waals surface area contributed by atoms with Crippen LogP contribution in [0.25, 0.3) is 0 Å². The molecule has 7 heteroatoms. The van der Waals surface area contributed by atoms with E-state index in [0.717, 1.165) is 25.3 Å². The summed E-state index contributed by atoms with van der Waals surface area (Å²) in [5.74, 6) is 0.404. The summed E-state index contributed by atoms with van der Waals surface area (Å²) in [6, 6.07) is 22.2. The molecule has 0 spiro atoms. The summed E-state index contributed by atoms with van der Waals surface area (Å²) in [7, 11) is 1.59. The molecule has 2 aromatic carbocycles. The zero-order valence-electron chi connectivity index (χ0n) is 18.8. The van der Waals surface area contributed by atoms with Gasteiger partial charge in [0.1, 0.15) is 12.3 Å². The minimum absolute atomic E-state index is 0.00484. The molecule has 1 aromatic heterocycles. The number of para-hydroxylation sites is 1. The number of piperazine rings is 1. The van der Waals surface area contributed by atoms with Gasteiger partial charge in [-0.15, -0.1) is 0 Å². The first-order valence-corrected chi connectivity index (χ1v) is 11.0. The van der Waals surface area contributed by atoms with Gasteiger partial charge in [0.2, 0.25) is 5.91 Å². The lowest BCUT2D eigenvalue weighted by molar-refractivity contribution is -0.131. The highest BCUT2D eigenvalue weighted by molar-refractivity contribution is 6.08. The molecule has 0 radical (unpaired) electrons. The molecule has 2 amide bonds. The van der Waals surface area contributed by atoms with Gasteiger partial charge in [-0.05, 0) is 48.5 Å². The Hall–Kier alpha value is -3.71. The van der Waals surface area contributed by atoms with E-state index in [0.29, 0.717) is 30.1 Å². The second-order valence-corrected chi connectivity index (χ2v) is 7.93. The molecule has 0 atom stereocenters.